The second-order valence-corrected chi connectivity index (χ2v) is 9.25. The van der Waals surface area contributed by atoms with Crippen LogP contribution < -0.4 is 5.32 Å². The summed E-state index contributed by atoms with van der Waals surface area (Å²) in [5, 5.41) is 30.8. The van der Waals surface area contributed by atoms with Crippen molar-refractivity contribution in [3.05, 3.63) is 113 Å². The number of aromatic nitrogens is 5. The summed E-state index contributed by atoms with van der Waals surface area (Å²) < 4.78 is 6.33. The molecule has 0 aliphatic carbocycles. The number of pyridine rings is 1. The lowest BCUT2D eigenvalue weighted by atomic mass is 10.0. The van der Waals surface area contributed by atoms with Crippen molar-refractivity contribution >= 4 is 28.2 Å². The van der Waals surface area contributed by atoms with Crippen molar-refractivity contribution in [1.29, 1.82) is 0 Å². The third-order valence-electron chi connectivity index (χ3n) is 6.67. The molecule has 2 N–H and O–H groups in total. The molecule has 0 aliphatic heterocycles. The molecule has 6 aromatic rings. The summed E-state index contributed by atoms with van der Waals surface area (Å²) >= 11 is 0. The van der Waals surface area contributed by atoms with E-state index >= 15 is 0 Å². The molecule has 1 atom stereocenters. The maximum atomic E-state index is 13.7. The highest BCUT2D eigenvalue weighted by Crippen LogP contribution is 2.26. The first-order valence-electron chi connectivity index (χ1n) is 12.2. The fourth-order valence-corrected chi connectivity index (χ4v) is 4.63. The number of hydrogen-bond donors (Lipinski definition) is 2. The standard InChI is InChI=1S/C29H22N6O4/c1-17(19-8-10-21(11-9-19)29(37)38)31-28(36)24-14-23(26-15-30-39-33-26)16-35-27(24)25(32-34-35)13-18-6-7-20-4-2-3-5-22(20)12-18/h2-12,14-17H,13H2,1H3,(H,31,36)(H,37,38)/t17-/m0/s1. The zero-order valence-corrected chi connectivity index (χ0v) is 20.8. The Labute approximate surface area is 221 Å². The van der Waals surface area contributed by atoms with E-state index in [1.54, 1.807) is 28.9 Å². The molecule has 0 radical (unpaired) electrons. The Hall–Kier alpha value is -5.38. The van der Waals surface area contributed by atoms with Gasteiger partial charge in [-0.25, -0.2) is 13.9 Å². The van der Waals surface area contributed by atoms with E-state index in [2.05, 4.69) is 50.2 Å². The summed E-state index contributed by atoms with van der Waals surface area (Å²) in [4.78, 5) is 24.9. The second-order valence-electron chi connectivity index (χ2n) is 9.25. The van der Waals surface area contributed by atoms with Gasteiger partial charge in [-0.1, -0.05) is 65.0 Å². The molecule has 6 rings (SSSR count). The first-order valence-corrected chi connectivity index (χ1v) is 12.2. The highest BCUT2D eigenvalue weighted by atomic mass is 16.6. The van der Waals surface area contributed by atoms with Crippen LogP contribution in [0.5, 0.6) is 0 Å². The Balaban J connectivity index is 1.38. The van der Waals surface area contributed by atoms with Crippen LogP contribution in [0.2, 0.25) is 0 Å². The van der Waals surface area contributed by atoms with Gasteiger partial charge in [0.15, 0.2) is 0 Å². The third kappa shape index (κ3) is 4.71. The minimum Gasteiger partial charge on any atom is -0.478 e. The van der Waals surface area contributed by atoms with E-state index < -0.39 is 12.0 Å². The van der Waals surface area contributed by atoms with Gasteiger partial charge in [0.1, 0.15) is 11.2 Å². The summed E-state index contributed by atoms with van der Waals surface area (Å²) in [6, 6.07) is 22.1. The number of benzene rings is 3. The molecule has 3 heterocycles. The van der Waals surface area contributed by atoms with Crippen LogP contribution in [-0.4, -0.2) is 42.1 Å². The topological polar surface area (TPSA) is 136 Å². The SMILES string of the molecule is C[C@H](NC(=O)c1cc(-c2cnon2)cn2nnc(Cc3ccc4ccccc4c3)c12)c1ccc(C(=O)O)cc1. The molecule has 192 valence electrons. The van der Waals surface area contributed by atoms with E-state index in [4.69, 9.17) is 4.63 Å². The summed E-state index contributed by atoms with van der Waals surface area (Å²) in [5.74, 6) is -1.35. The second kappa shape index (κ2) is 9.82. The van der Waals surface area contributed by atoms with Gasteiger partial charge in [-0.05, 0) is 52.2 Å². The fraction of sp³-hybridized carbons (Fsp3) is 0.103. The van der Waals surface area contributed by atoms with E-state index in [0.29, 0.717) is 34.5 Å². The number of carboxylic acids is 1. The maximum absolute atomic E-state index is 13.7. The normalized spacial score (nSPS) is 12.0. The molecule has 10 heteroatoms. The summed E-state index contributed by atoms with van der Waals surface area (Å²) in [6.07, 6.45) is 3.67. The maximum Gasteiger partial charge on any atom is 0.335 e. The number of hydrogen-bond acceptors (Lipinski definition) is 7. The summed E-state index contributed by atoms with van der Waals surface area (Å²) in [6.45, 7) is 1.83. The van der Waals surface area contributed by atoms with E-state index in [1.807, 2.05) is 25.1 Å². The Bertz CT molecular complexity index is 1830. The monoisotopic (exact) mass is 518 g/mol. The Kier molecular flexibility index (Phi) is 6.04. The third-order valence-corrected chi connectivity index (χ3v) is 6.67. The molecule has 0 saturated carbocycles. The lowest BCUT2D eigenvalue weighted by Crippen LogP contribution is -2.27. The molecule has 3 aromatic heterocycles. The highest BCUT2D eigenvalue weighted by molar-refractivity contribution is 6.02. The van der Waals surface area contributed by atoms with Gasteiger partial charge in [0.2, 0.25) is 0 Å². The van der Waals surface area contributed by atoms with Crippen molar-refractivity contribution in [1.82, 2.24) is 30.5 Å². The van der Waals surface area contributed by atoms with Gasteiger partial charge >= 0.3 is 5.97 Å². The lowest BCUT2D eigenvalue weighted by Gasteiger charge is -2.16. The first-order chi connectivity index (χ1) is 19.0. The van der Waals surface area contributed by atoms with Crippen LogP contribution >= 0.6 is 0 Å². The number of nitrogens with one attached hydrogen (secondary N) is 1. The van der Waals surface area contributed by atoms with Crippen LogP contribution in [0.1, 0.15) is 50.5 Å². The number of carboxylic acid groups (broad SMARTS) is 1. The van der Waals surface area contributed by atoms with Crippen molar-refractivity contribution in [3.63, 3.8) is 0 Å². The molecule has 0 fully saturated rings. The number of carbonyl (C=O) groups excluding carboxylic acids is 1. The molecule has 39 heavy (non-hydrogen) atoms. The minimum absolute atomic E-state index is 0.177. The summed E-state index contributed by atoms with van der Waals surface area (Å²) in [7, 11) is 0. The van der Waals surface area contributed by atoms with E-state index in [0.717, 1.165) is 21.9 Å². The number of aromatic carboxylic acids is 1. The van der Waals surface area contributed by atoms with Crippen LogP contribution in [0.25, 0.3) is 27.5 Å². The van der Waals surface area contributed by atoms with Crippen LogP contribution in [0.3, 0.4) is 0 Å². The van der Waals surface area contributed by atoms with E-state index in [9.17, 15) is 14.7 Å². The van der Waals surface area contributed by atoms with E-state index in [-0.39, 0.29) is 11.5 Å². The molecule has 0 bridgehead atoms. The molecule has 10 nitrogen and oxygen atoms in total. The van der Waals surface area contributed by atoms with Gasteiger partial charge < -0.3 is 10.4 Å². The van der Waals surface area contributed by atoms with Crippen LogP contribution in [0.15, 0.2) is 89.8 Å². The Morgan fingerprint density at radius 2 is 1.82 bits per heavy atom. The van der Waals surface area contributed by atoms with Crippen molar-refractivity contribution in [3.8, 4) is 11.3 Å². The van der Waals surface area contributed by atoms with Gasteiger partial charge in [-0.2, -0.15) is 0 Å². The van der Waals surface area contributed by atoms with Crippen LogP contribution in [0, 0.1) is 0 Å². The van der Waals surface area contributed by atoms with Gasteiger partial charge in [0.25, 0.3) is 5.91 Å². The molecular formula is C29H22N6O4. The zero-order valence-electron chi connectivity index (χ0n) is 20.8. The highest BCUT2D eigenvalue weighted by Gasteiger charge is 2.22. The number of rotatable bonds is 7. The predicted octanol–water partition coefficient (Wildman–Crippen LogP) is 4.71. The number of amides is 1. The van der Waals surface area contributed by atoms with Gasteiger partial charge in [0, 0.05) is 18.2 Å². The van der Waals surface area contributed by atoms with Crippen molar-refractivity contribution in [2.24, 2.45) is 0 Å². The lowest BCUT2D eigenvalue weighted by molar-refractivity contribution is 0.0696. The molecule has 0 spiro atoms. The van der Waals surface area contributed by atoms with Gasteiger partial charge in [-0.3, -0.25) is 4.79 Å². The van der Waals surface area contributed by atoms with Crippen molar-refractivity contribution in [2.75, 3.05) is 0 Å². The van der Waals surface area contributed by atoms with Crippen LogP contribution in [-0.2, 0) is 6.42 Å². The smallest absolute Gasteiger partial charge is 0.335 e. The zero-order chi connectivity index (χ0) is 26.9. The largest absolute Gasteiger partial charge is 0.478 e. The van der Waals surface area contributed by atoms with Crippen molar-refractivity contribution < 1.29 is 19.3 Å². The minimum atomic E-state index is -1.01. The average Bonchev–Trinajstić information content (AvgIpc) is 3.63. The molecule has 1 amide bonds. The predicted molar refractivity (Wildman–Crippen MR) is 142 cm³/mol. The first kappa shape index (κ1) is 24.0. The van der Waals surface area contributed by atoms with Gasteiger partial charge in [0.05, 0.1) is 29.1 Å². The molecular weight excluding hydrogens is 496 g/mol. The molecule has 3 aromatic carbocycles. The fourth-order valence-electron chi connectivity index (χ4n) is 4.63. The van der Waals surface area contributed by atoms with E-state index in [1.165, 1.54) is 18.3 Å². The quantitative estimate of drug-likeness (QED) is 0.310. The number of carbonyl (C=O) groups is 2. The Morgan fingerprint density at radius 1 is 1.03 bits per heavy atom. The summed E-state index contributed by atoms with van der Waals surface area (Å²) in [5.41, 5.74) is 4.63. The number of nitrogens with zero attached hydrogens (tertiary/aromatic N) is 5. The molecule has 0 saturated heterocycles. The average molecular weight is 519 g/mol. The van der Waals surface area contributed by atoms with Crippen LogP contribution in [0.4, 0.5) is 0 Å². The molecule has 0 aliphatic rings. The Morgan fingerprint density at radius 3 is 2.56 bits per heavy atom. The van der Waals surface area contributed by atoms with Crippen molar-refractivity contribution in [2.45, 2.75) is 19.4 Å². The molecule has 0 unspecified atom stereocenters. The number of fused-ring (bicyclic) bond motifs is 2. The van der Waals surface area contributed by atoms with Gasteiger partial charge in [-0.15, -0.1) is 5.10 Å².